The molecule has 0 saturated carbocycles. The van der Waals surface area contributed by atoms with E-state index in [1.54, 1.807) is 11.1 Å². The first-order chi connectivity index (χ1) is 8.70. The highest BCUT2D eigenvalue weighted by Crippen LogP contribution is 2.24. The molecule has 1 aliphatic carbocycles. The highest BCUT2D eigenvalue weighted by atomic mass is 32.2. The van der Waals surface area contributed by atoms with Crippen molar-refractivity contribution in [2.75, 3.05) is 12.8 Å². The minimum atomic E-state index is 0.465. The molecule has 2 atom stereocenters. The minimum Gasteiger partial charge on any atom is -0.309 e. The van der Waals surface area contributed by atoms with Crippen LogP contribution in [-0.4, -0.2) is 18.1 Å². The van der Waals surface area contributed by atoms with Gasteiger partial charge in [0.1, 0.15) is 0 Å². The van der Waals surface area contributed by atoms with Crippen molar-refractivity contribution < 1.29 is 0 Å². The Balaban J connectivity index is 1.99. The maximum Gasteiger partial charge on any atom is 0.0292 e. The molecule has 2 heteroatoms. The van der Waals surface area contributed by atoms with E-state index in [0.717, 1.165) is 6.54 Å². The van der Waals surface area contributed by atoms with Gasteiger partial charge in [-0.25, -0.2) is 0 Å². The number of benzene rings is 1. The summed E-state index contributed by atoms with van der Waals surface area (Å²) in [5, 5.41) is 4.32. The fourth-order valence-electron chi connectivity index (χ4n) is 2.57. The first-order valence-corrected chi connectivity index (χ1v) is 8.37. The summed E-state index contributed by atoms with van der Waals surface area (Å²) in [5.41, 5.74) is 4.61. The summed E-state index contributed by atoms with van der Waals surface area (Å²) in [6.07, 6.45) is 7.46. The van der Waals surface area contributed by atoms with Gasteiger partial charge < -0.3 is 5.32 Å². The lowest BCUT2D eigenvalue weighted by atomic mass is 9.89. The van der Waals surface area contributed by atoms with Crippen molar-refractivity contribution in [3.05, 3.63) is 34.9 Å². The molecule has 0 spiro atoms. The molecule has 100 valence electrons. The Bertz CT molecular complexity index is 389. The Hall–Kier alpha value is -0.470. The third-order valence-electron chi connectivity index (χ3n) is 3.99. The molecule has 0 fully saturated rings. The lowest BCUT2D eigenvalue weighted by molar-refractivity contribution is 0.574. The monoisotopic (exact) mass is 263 g/mol. The van der Waals surface area contributed by atoms with Gasteiger partial charge >= 0.3 is 0 Å². The molecule has 1 aromatic carbocycles. The zero-order chi connectivity index (χ0) is 13.0. The number of thioether (sulfide) groups is 1. The molecule has 0 bridgehead atoms. The highest BCUT2D eigenvalue weighted by Gasteiger charge is 2.12. The Morgan fingerprint density at radius 2 is 1.89 bits per heavy atom. The summed E-state index contributed by atoms with van der Waals surface area (Å²) >= 11 is 1.92. The van der Waals surface area contributed by atoms with Gasteiger partial charge in [0.2, 0.25) is 0 Å². The van der Waals surface area contributed by atoms with Crippen LogP contribution in [0.25, 0.3) is 0 Å². The molecule has 0 aromatic heterocycles. The average molecular weight is 263 g/mol. The van der Waals surface area contributed by atoms with Gasteiger partial charge in [0, 0.05) is 17.8 Å². The summed E-state index contributed by atoms with van der Waals surface area (Å²) in [4.78, 5) is 0. The molecular weight excluding hydrogens is 238 g/mol. The number of aryl methyl sites for hydroxylation is 2. The van der Waals surface area contributed by atoms with E-state index < -0.39 is 0 Å². The van der Waals surface area contributed by atoms with Gasteiger partial charge in [-0.2, -0.15) is 11.8 Å². The minimum absolute atomic E-state index is 0.465. The van der Waals surface area contributed by atoms with E-state index in [1.165, 1.54) is 31.2 Å². The largest absolute Gasteiger partial charge is 0.309 e. The van der Waals surface area contributed by atoms with Crippen LogP contribution in [-0.2, 0) is 12.8 Å². The van der Waals surface area contributed by atoms with Crippen molar-refractivity contribution in [2.45, 2.75) is 50.8 Å². The van der Waals surface area contributed by atoms with E-state index >= 15 is 0 Å². The van der Waals surface area contributed by atoms with Gasteiger partial charge in [-0.1, -0.05) is 25.1 Å². The Morgan fingerprint density at radius 1 is 1.17 bits per heavy atom. The maximum absolute atomic E-state index is 3.64. The SMILES string of the molecule is CSC(C)CNC(C)c1ccc2c(c1)CCCC2. The van der Waals surface area contributed by atoms with Crippen LogP contribution >= 0.6 is 11.8 Å². The van der Waals surface area contributed by atoms with Crippen LogP contribution in [0, 0.1) is 0 Å². The lowest BCUT2D eigenvalue weighted by Crippen LogP contribution is -2.25. The third kappa shape index (κ3) is 3.52. The first kappa shape index (κ1) is 14.0. The molecule has 0 aliphatic heterocycles. The smallest absolute Gasteiger partial charge is 0.0292 e. The Morgan fingerprint density at radius 3 is 2.61 bits per heavy atom. The van der Waals surface area contributed by atoms with Crippen molar-refractivity contribution in [3.63, 3.8) is 0 Å². The van der Waals surface area contributed by atoms with Crippen molar-refractivity contribution in [1.29, 1.82) is 0 Å². The van der Waals surface area contributed by atoms with E-state index in [0.29, 0.717) is 11.3 Å². The number of hydrogen-bond acceptors (Lipinski definition) is 2. The van der Waals surface area contributed by atoms with Crippen LogP contribution in [0.4, 0.5) is 0 Å². The van der Waals surface area contributed by atoms with Crippen molar-refractivity contribution in [3.8, 4) is 0 Å². The van der Waals surface area contributed by atoms with Crippen LogP contribution in [0.5, 0.6) is 0 Å². The predicted octanol–water partition coefficient (Wildman–Crippen LogP) is 3.97. The van der Waals surface area contributed by atoms with E-state index in [-0.39, 0.29) is 0 Å². The number of hydrogen-bond donors (Lipinski definition) is 1. The van der Waals surface area contributed by atoms with Gasteiger partial charge in [0.05, 0.1) is 0 Å². The molecule has 2 rings (SSSR count). The molecule has 1 aromatic rings. The van der Waals surface area contributed by atoms with Crippen LogP contribution in [0.3, 0.4) is 0 Å². The number of nitrogens with one attached hydrogen (secondary N) is 1. The van der Waals surface area contributed by atoms with Gasteiger partial charge in [-0.05, 0) is 55.6 Å². The topological polar surface area (TPSA) is 12.0 Å². The van der Waals surface area contributed by atoms with Crippen molar-refractivity contribution in [1.82, 2.24) is 5.32 Å². The Kier molecular flexibility index (Phi) is 5.13. The van der Waals surface area contributed by atoms with Crippen LogP contribution in [0.15, 0.2) is 18.2 Å². The normalized spacial score (nSPS) is 18.2. The molecule has 0 amide bonds. The first-order valence-electron chi connectivity index (χ1n) is 7.08. The summed E-state index contributed by atoms with van der Waals surface area (Å²) in [6, 6.07) is 7.55. The molecule has 18 heavy (non-hydrogen) atoms. The molecule has 1 aliphatic rings. The fraction of sp³-hybridized carbons (Fsp3) is 0.625. The van der Waals surface area contributed by atoms with E-state index in [4.69, 9.17) is 0 Å². The molecule has 1 N–H and O–H groups in total. The van der Waals surface area contributed by atoms with Gasteiger partial charge in [-0.15, -0.1) is 0 Å². The summed E-state index contributed by atoms with van der Waals surface area (Å²) < 4.78 is 0. The molecule has 2 unspecified atom stereocenters. The average Bonchev–Trinajstić information content (AvgIpc) is 2.43. The predicted molar refractivity (Wildman–Crippen MR) is 82.5 cm³/mol. The second-order valence-corrected chi connectivity index (χ2v) is 6.69. The van der Waals surface area contributed by atoms with Crippen molar-refractivity contribution in [2.24, 2.45) is 0 Å². The second kappa shape index (κ2) is 6.63. The maximum atomic E-state index is 3.64. The molecule has 0 saturated heterocycles. The van der Waals surface area contributed by atoms with Gasteiger partial charge in [0.25, 0.3) is 0 Å². The van der Waals surface area contributed by atoms with E-state index in [1.807, 2.05) is 11.8 Å². The summed E-state index contributed by atoms with van der Waals surface area (Å²) in [7, 11) is 0. The number of rotatable bonds is 5. The van der Waals surface area contributed by atoms with E-state index in [9.17, 15) is 0 Å². The quantitative estimate of drug-likeness (QED) is 0.863. The van der Waals surface area contributed by atoms with Gasteiger partial charge in [-0.3, -0.25) is 0 Å². The zero-order valence-corrected chi connectivity index (χ0v) is 12.6. The number of fused-ring (bicyclic) bond motifs is 1. The van der Waals surface area contributed by atoms with Gasteiger partial charge in [0.15, 0.2) is 0 Å². The summed E-state index contributed by atoms with van der Waals surface area (Å²) in [6.45, 7) is 5.63. The summed E-state index contributed by atoms with van der Waals surface area (Å²) in [5.74, 6) is 0. The standard InChI is InChI=1S/C16H25NS/c1-12(18-3)11-17-13(2)15-9-8-14-6-4-5-7-16(14)10-15/h8-10,12-13,17H,4-7,11H2,1-3H3. The molecular formula is C16H25NS. The van der Waals surface area contributed by atoms with Crippen LogP contribution in [0.2, 0.25) is 0 Å². The Labute approximate surface area is 116 Å². The fourth-order valence-corrected chi connectivity index (χ4v) is 2.83. The second-order valence-electron chi connectivity index (χ2n) is 5.41. The zero-order valence-electron chi connectivity index (χ0n) is 11.8. The molecule has 0 heterocycles. The van der Waals surface area contributed by atoms with Crippen LogP contribution < -0.4 is 5.32 Å². The van der Waals surface area contributed by atoms with E-state index in [2.05, 4.69) is 43.6 Å². The van der Waals surface area contributed by atoms with Crippen molar-refractivity contribution >= 4 is 11.8 Å². The highest BCUT2D eigenvalue weighted by molar-refractivity contribution is 7.99. The third-order valence-corrected chi connectivity index (χ3v) is 4.96. The molecule has 0 radical (unpaired) electrons. The van der Waals surface area contributed by atoms with Crippen LogP contribution in [0.1, 0.15) is 49.4 Å². The molecule has 1 nitrogen and oxygen atoms in total. The lowest BCUT2D eigenvalue weighted by Gasteiger charge is -2.21.